The van der Waals surface area contributed by atoms with Crippen LogP contribution >= 0.6 is 0 Å². The van der Waals surface area contributed by atoms with Gasteiger partial charge in [0.1, 0.15) is 13.2 Å². The second-order valence-corrected chi connectivity index (χ2v) is 23.1. The van der Waals surface area contributed by atoms with Crippen LogP contribution in [0.5, 0.6) is 0 Å². The molecule has 0 radical (unpaired) electrons. The molecule has 466 valence electrons. The zero-order valence-electron chi connectivity index (χ0n) is 53.5. The monoisotopic (exact) mass is 1130 g/mol. The average molecular weight is 1130 g/mol. The molecule has 1 atom stereocenters. The van der Waals surface area contributed by atoms with E-state index >= 15 is 0 Å². The standard InChI is InChI=1S/C75H130O6/c1-4-7-10-13-16-19-22-25-28-31-33-35-36-37-38-40-41-44-47-50-53-56-59-62-65-68-74(77)80-71-72(70-79-73(76)67-64-61-58-55-52-49-46-43-30-27-24-21-18-15-12-9-6-3)81-75(78)69-66-63-60-57-54-51-48-45-42-39-34-32-29-26-23-20-17-14-11-8-5-2/h9,12,18,21-23,25-27,30-34,46,49,72H,4-8,10-11,13-17,19-20,24,28-29,35-45,47-48,50-71H2,1-3H3/b12-9-,21-18-,25-22-,26-23-,30-27-,33-31-,34-32-,49-46-. The fraction of sp³-hybridized carbons (Fsp3) is 0.747. The molecule has 0 aliphatic carbocycles. The van der Waals surface area contributed by atoms with E-state index in [0.717, 1.165) is 109 Å². The summed E-state index contributed by atoms with van der Waals surface area (Å²) in [6, 6.07) is 0. The lowest BCUT2D eigenvalue weighted by Crippen LogP contribution is -2.30. The molecule has 0 fully saturated rings. The van der Waals surface area contributed by atoms with Gasteiger partial charge in [-0.05, 0) is 122 Å². The number of rotatable bonds is 63. The van der Waals surface area contributed by atoms with Gasteiger partial charge >= 0.3 is 17.9 Å². The van der Waals surface area contributed by atoms with E-state index in [4.69, 9.17) is 14.2 Å². The van der Waals surface area contributed by atoms with Crippen molar-refractivity contribution in [3.05, 3.63) is 97.2 Å². The lowest BCUT2D eigenvalue weighted by atomic mass is 10.0. The molecule has 0 aromatic heterocycles. The number of carbonyl (C=O) groups excluding carboxylic acids is 3. The highest BCUT2D eigenvalue weighted by Gasteiger charge is 2.19. The van der Waals surface area contributed by atoms with Crippen molar-refractivity contribution in [1.82, 2.24) is 0 Å². The molecule has 0 bridgehead atoms. The van der Waals surface area contributed by atoms with E-state index in [0.29, 0.717) is 19.3 Å². The van der Waals surface area contributed by atoms with Gasteiger partial charge in [0.05, 0.1) is 0 Å². The molecule has 0 saturated heterocycles. The molecule has 0 aromatic rings. The molecule has 0 rings (SSSR count). The second kappa shape index (κ2) is 68.8. The van der Waals surface area contributed by atoms with Crippen molar-refractivity contribution in [2.45, 2.75) is 348 Å². The number of hydrogen-bond acceptors (Lipinski definition) is 6. The van der Waals surface area contributed by atoms with Crippen LogP contribution in [0.2, 0.25) is 0 Å². The number of esters is 3. The van der Waals surface area contributed by atoms with E-state index in [1.165, 1.54) is 193 Å². The van der Waals surface area contributed by atoms with Crippen molar-refractivity contribution in [3.8, 4) is 0 Å². The van der Waals surface area contributed by atoms with E-state index in [2.05, 4.69) is 118 Å². The highest BCUT2D eigenvalue weighted by atomic mass is 16.6. The van der Waals surface area contributed by atoms with Gasteiger partial charge in [0.15, 0.2) is 6.10 Å². The third-order valence-corrected chi connectivity index (χ3v) is 15.0. The van der Waals surface area contributed by atoms with Crippen LogP contribution in [0, 0.1) is 0 Å². The minimum atomic E-state index is -0.793. The Morgan fingerprint density at radius 2 is 0.481 bits per heavy atom. The van der Waals surface area contributed by atoms with Gasteiger partial charge in [-0.2, -0.15) is 0 Å². The maximum Gasteiger partial charge on any atom is 0.306 e. The van der Waals surface area contributed by atoms with E-state index in [1.54, 1.807) is 0 Å². The molecule has 0 N–H and O–H groups in total. The fourth-order valence-electron chi connectivity index (χ4n) is 9.85. The van der Waals surface area contributed by atoms with Crippen LogP contribution in [-0.2, 0) is 28.6 Å². The van der Waals surface area contributed by atoms with Crippen LogP contribution in [-0.4, -0.2) is 37.2 Å². The Labute approximate surface area is 502 Å². The molecule has 0 amide bonds. The van der Waals surface area contributed by atoms with Gasteiger partial charge in [-0.25, -0.2) is 0 Å². The summed E-state index contributed by atoms with van der Waals surface area (Å²) in [6.45, 7) is 6.52. The predicted molar refractivity (Wildman–Crippen MR) is 353 cm³/mol. The molecule has 0 aliphatic heterocycles. The Balaban J connectivity index is 4.37. The first-order valence-corrected chi connectivity index (χ1v) is 34.7. The third-order valence-electron chi connectivity index (χ3n) is 15.0. The fourth-order valence-corrected chi connectivity index (χ4v) is 9.85. The van der Waals surface area contributed by atoms with Gasteiger partial charge in [0, 0.05) is 19.3 Å². The zero-order valence-corrected chi connectivity index (χ0v) is 53.5. The summed E-state index contributed by atoms with van der Waals surface area (Å²) in [5.41, 5.74) is 0. The lowest BCUT2D eigenvalue weighted by Gasteiger charge is -2.18. The number of hydrogen-bond donors (Lipinski definition) is 0. The van der Waals surface area contributed by atoms with Crippen molar-refractivity contribution in [1.29, 1.82) is 0 Å². The van der Waals surface area contributed by atoms with Gasteiger partial charge in [-0.3, -0.25) is 14.4 Å². The maximum atomic E-state index is 13.0. The van der Waals surface area contributed by atoms with Crippen molar-refractivity contribution < 1.29 is 28.6 Å². The SMILES string of the molecule is CC/C=C\C/C=C\C/C=C\C/C=C\CCCCCCC(=O)OCC(COC(=O)CCCCCCCCCCCCCCC/C=C\C/C=C\CCCCCCC)OC(=O)CCCCCCCCCCC/C=C\C/C=C\CCCCCCC. The van der Waals surface area contributed by atoms with Crippen LogP contribution in [0.3, 0.4) is 0 Å². The quantitative estimate of drug-likeness (QED) is 0.0261. The molecule has 0 saturated carbocycles. The predicted octanol–water partition coefficient (Wildman–Crippen LogP) is 24.0. The number of unbranched alkanes of at least 4 members (excludes halogenated alkanes) is 36. The molecular formula is C75H130O6. The number of ether oxygens (including phenoxy) is 3. The molecule has 6 nitrogen and oxygen atoms in total. The minimum Gasteiger partial charge on any atom is -0.462 e. The summed E-state index contributed by atoms with van der Waals surface area (Å²) < 4.78 is 17.0. The van der Waals surface area contributed by atoms with Crippen LogP contribution in [0.25, 0.3) is 0 Å². The first-order valence-electron chi connectivity index (χ1n) is 34.7. The summed E-state index contributed by atoms with van der Waals surface area (Å²) in [5.74, 6) is -0.902. The molecule has 0 aliphatic rings. The molecule has 6 heteroatoms. The normalized spacial score (nSPS) is 12.7. The van der Waals surface area contributed by atoms with E-state index in [9.17, 15) is 14.4 Å². The zero-order chi connectivity index (χ0) is 58.5. The molecule has 0 aromatic carbocycles. The van der Waals surface area contributed by atoms with E-state index in [-0.39, 0.29) is 31.1 Å². The second-order valence-electron chi connectivity index (χ2n) is 23.1. The van der Waals surface area contributed by atoms with Gasteiger partial charge in [0.2, 0.25) is 0 Å². The van der Waals surface area contributed by atoms with E-state index in [1.807, 2.05) is 0 Å². The average Bonchev–Trinajstić information content (AvgIpc) is 3.47. The lowest BCUT2D eigenvalue weighted by molar-refractivity contribution is -0.167. The van der Waals surface area contributed by atoms with Gasteiger partial charge in [-0.15, -0.1) is 0 Å². The minimum absolute atomic E-state index is 0.0864. The summed E-state index contributed by atoms with van der Waals surface area (Å²) >= 11 is 0. The Bertz CT molecular complexity index is 1580. The van der Waals surface area contributed by atoms with Gasteiger partial charge in [0.25, 0.3) is 0 Å². The summed E-state index contributed by atoms with van der Waals surface area (Å²) in [6.07, 6.45) is 92.8. The topological polar surface area (TPSA) is 78.9 Å². The van der Waals surface area contributed by atoms with Gasteiger partial charge in [-0.1, -0.05) is 298 Å². The van der Waals surface area contributed by atoms with Crippen LogP contribution in [0.1, 0.15) is 342 Å². The first kappa shape index (κ1) is 77.3. The Morgan fingerprint density at radius 3 is 0.753 bits per heavy atom. The van der Waals surface area contributed by atoms with Crippen molar-refractivity contribution in [2.75, 3.05) is 13.2 Å². The highest BCUT2D eigenvalue weighted by Crippen LogP contribution is 2.17. The Hall–Kier alpha value is -3.67. The Morgan fingerprint density at radius 1 is 0.259 bits per heavy atom. The molecule has 0 spiro atoms. The maximum absolute atomic E-state index is 13.0. The molecular weight excluding hydrogens is 997 g/mol. The molecule has 1 unspecified atom stereocenters. The number of allylic oxidation sites excluding steroid dienone is 16. The molecule has 0 heterocycles. The number of carbonyl (C=O) groups is 3. The highest BCUT2D eigenvalue weighted by molar-refractivity contribution is 5.71. The summed E-state index contributed by atoms with van der Waals surface area (Å²) in [7, 11) is 0. The smallest absolute Gasteiger partial charge is 0.306 e. The third kappa shape index (κ3) is 67.0. The Kier molecular flexibility index (Phi) is 65.7. The van der Waals surface area contributed by atoms with E-state index < -0.39 is 6.10 Å². The largest absolute Gasteiger partial charge is 0.462 e. The van der Waals surface area contributed by atoms with Crippen molar-refractivity contribution in [3.63, 3.8) is 0 Å². The summed E-state index contributed by atoms with van der Waals surface area (Å²) in [5, 5.41) is 0. The van der Waals surface area contributed by atoms with Crippen LogP contribution in [0.15, 0.2) is 97.2 Å². The van der Waals surface area contributed by atoms with Crippen molar-refractivity contribution in [2.24, 2.45) is 0 Å². The first-order chi connectivity index (χ1) is 40.0. The van der Waals surface area contributed by atoms with Crippen LogP contribution < -0.4 is 0 Å². The molecule has 81 heavy (non-hydrogen) atoms. The van der Waals surface area contributed by atoms with Gasteiger partial charge < -0.3 is 14.2 Å². The summed E-state index contributed by atoms with van der Waals surface area (Å²) in [4.78, 5) is 38.5. The van der Waals surface area contributed by atoms with Crippen molar-refractivity contribution >= 4 is 17.9 Å². The van der Waals surface area contributed by atoms with Crippen LogP contribution in [0.4, 0.5) is 0 Å².